The Hall–Kier alpha value is -3.81. The second kappa shape index (κ2) is 8.14. The third-order valence-electron chi connectivity index (χ3n) is 5.11. The topological polar surface area (TPSA) is 102 Å². The van der Waals surface area contributed by atoms with Gasteiger partial charge in [0.1, 0.15) is 11.5 Å². The number of fused-ring (bicyclic) bond motifs is 1. The van der Waals surface area contributed by atoms with E-state index in [1.54, 1.807) is 42.5 Å². The third-order valence-corrected chi connectivity index (χ3v) is 5.11. The van der Waals surface area contributed by atoms with Crippen molar-refractivity contribution in [1.82, 2.24) is 4.90 Å². The number of nitrogens with zero attached hydrogens (tertiary/aromatic N) is 1. The van der Waals surface area contributed by atoms with Crippen LogP contribution in [0.15, 0.2) is 48.0 Å². The van der Waals surface area contributed by atoms with Crippen LogP contribution in [-0.4, -0.2) is 41.0 Å². The number of carbonyl (C=O) groups is 3. The van der Waals surface area contributed by atoms with Crippen LogP contribution < -0.4 is 14.2 Å². The average Bonchev–Trinajstić information content (AvgIpc) is 3.31. The summed E-state index contributed by atoms with van der Waals surface area (Å²) in [5.74, 6) is -0.818. The second-order valence-corrected chi connectivity index (χ2v) is 7.22. The monoisotopic (exact) mass is 423 g/mol. The minimum atomic E-state index is -0.767. The fourth-order valence-electron chi connectivity index (χ4n) is 3.78. The number of aliphatic hydroxyl groups is 1. The molecule has 0 bridgehead atoms. The van der Waals surface area contributed by atoms with Crippen LogP contribution in [0, 0.1) is 0 Å². The zero-order valence-corrected chi connectivity index (χ0v) is 17.1. The van der Waals surface area contributed by atoms with E-state index >= 15 is 0 Å². The van der Waals surface area contributed by atoms with Crippen LogP contribution >= 0.6 is 0 Å². The number of hydrogen-bond acceptors (Lipinski definition) is 7. The number of hydrogen-bond donors (Lipinski definition) is 1. The number of ketones is 1. The second-order valence-electron chi connectivity index (χ2n) is 7.22. The van der Waals surface area contributed by atoms with Gasteiger partial charge in [0.15, 0.2) is 11.5 Å². The first-order chi connectivity index (χ1) is 14.9. The normalized spacial score (nSPS) is 19.0. The molecule has 0 spiro atoms. The van der Waals surface area contributed by atoms with Crippen LogP contribution in [-0.2, 0) is 14.4 Å². The Bertz CT molecular complexity index is 1090. The lowest BCUT2D eigenvalue weighted by Gasteiger charge is -2.25. The summed E-state index contributed by atoms with van der Waals surface area (Å²) in [5.41, 5.74) is 0.962. The van der Waals surface area contributed by atoms with Crippen molar-refractivity contribution in [3.63, 3.8) is 0 Å². The summed E-state index contributed by atoms with van der Waals surface area (Å²) < 4.78 is 15.7. The van der Waals surface area contributed by atoms with E-state index in [-0.39, 0.29) is 18.1 Å². The summed E-state index contributed by atoms with van der Waals surface area (Å²) in [7, 11) is 0. The highest BCUT2D eigenvalue weighted by molar-refractivity contribution is 6.46. The van der Waals surface area contributed by atoms with Crippen LogP contribution in [0.25, 0.3) is 5.76 Å². The predicted molar refractivity (Wildman–Crippen MR) is 110 cm³/mol. The van der Waals surface area contributed by atoms with Gasteiger partial charge in [-0.25, -0.2) is 0 Å². The van der Waals surface area contributed by atoms with Gasteiger partial charge >= 0.3 is 5.97 Å². The third kappa shape index (κ3) is 3.72. The highest BCUT2D eigenvalue weighted by Crippen LogP contribution is 2.41. The molecule has 0 saturated carbocycles. The maximum atomic E-state index is 12.9. The quantitative estimate of drug-likeness (QED) is 0.259. The molecule has 4 rings (SSSR count). The Labute approximate surface area is 178 Å². The molecule has 1 N–H and O–H groups in total. The Morgan fingerprint density at radius 1 is 1.13 bits per heavy atom. The summed E-state index contributed by atoms with van der Waals surface area (Å²) in [6.45, 7) is 3.63. The summed E-state index contributed by atoms with van der Waals surface area (Å²) in [4.78, 5) is 38.3. The Morgan fingerprint density at radius 2 is 1.84 bits per heavy atom. The molecule has 2 heterocycles. The van der Waals surface area contributed by atoms with Crippen LogP contribution in [0.2, 0.25) is 0 Å². The molecular formula is C23H21NO7. The van der Waals surface area contributed by atoms with Gasteiger partial charge in [-0.2, -0.15) is 0 Å². The Morgan fingerprint density at radius 3 is 2.52 bits per heavy atom. The smallest absolute Gasteiger partial charge is 0.308 e. The standard InChI is InChI=1S/C23H21NO7/c1-3-10-24-20(14-4-7-16(8-5-14)31-13(2)25)19(22(27)23(24)28)21(26)15-6-9-17-18(11-15)30-12-29-17/h4-9,11,20,26H,3,10,12H2,1-2H3/b21-19-. The van der Waals surface area contributed by atoms with E-state index in [1.807, 2.05) is 6.92 Å². The van der Waals surface area contributed by atoms with Gasteiger partial charge in [0.05, 0.1) is 11.6 Å². The summed E-state index contributed by atoms with van der Waals surface area (Å²) in [6, 6.07) is 10.6. The van der Waals surface area contributed by atoms with Crippen molar-refractivity contribution in [3.8, 4) is 17.2 Å². The van der Waals surface area contributed by atoms with Gasteiger partial charge in [0.2, 0.25) is 6.79 Å². The average molecular weight is 423 g/mol. The number of Topliss-reactive ketones (excluding diaryl/α,β-unsaturated/α-hetero) is 1. The number of benzene rings is 2. The highest BCUT2D eigenvalue weighted by atomic mass is 16.7. The van der Waals surface area contributed by atoms with Crippen molar-refractivity contribution in [3.05, 3.63) is 59.2 Å². The van der Waals surface area contributed by atoms with E-state index < -0.39 is 23.7 Å². The zero-order chi connectivity index (χ0) is 22.1. The number of aliphatic hydroxyl groups excluding tert-OH is 1. The SMILES string of the molecule is CCCN1C(=O)C(=O)/C(=C(\O)c2ccc3c(c2)OCO3)C1c1ccc(OC(C)=O)cc1. The minimum Gasteiger partial charge on any atom is -0.507 e. The molecule has 2 aromatic rings. The summed E-state index contributed by atoms with van der Waals surface area (Å²) >= 11 is 0. The minimum absolute atomic E-state index is 0.00227. The molecule has 1 atom stereocenters. The molecule has 8 heteroatoms. The Balaban J connectivity index is 1.80. The van der Waals surface area contributed by atoms with E-state index in [9.17, 15) is 19.5 Å². The van der Waals surface area contributed by atoms with Gasteiger partial charge in [-0.1, -0.05) is 19.1 Å². The maximum Gasteiger partial charge on any atom is 0.308 e. The fourth-order valence-corrected chi connectivity index (χ4v) is 3.78. The van der Waals surface area contributed by atoms with E-state index in [0.29, 0.717) is 41.3 Å². The lowest BCUT2D eigenvalue weighted by molar-refractivity contribution is -0.139. The number of amides is 1. The molecule has 2 aliphatic heterocycles. The van der Waals surface area contributed by atoms with Gasteiger partial charge in [-0.15, -0.1) is 0 Å². The summed E-state index contributed by atoms with van der Waals surface area (Å²) in [5, 5.41) is 11.0. The van der Waals surface area contributed by atoms with Crippen molar-refractivity contribution in [1.29, 1.82) is 0 Å². The van der Waals surface area contributed by atoms with Gasteiger partial charge in [-0.05, 0) is 42.3 Å². The van der Waals surface area contributed by atoms with E-state index in [2.05, 4.69) is 0 Å². The van der Waals surface area contributed by atoms with Gasteiger partial charge in [0.25, 0.3) is 11.7 Å². The highest BCUT2D eigenvalue weighted by Gasteiger charge is 2.45. The number of rotatable bonds is 5. The molecule has 160 valence electrons. The number of esters is 1. The molecule has 0 aliphatic carbocycles. The first-order valence-electron chi connectivity index (χ1n) is 9.87. The van der Waals surface area contributed by atoms with E-state index in [4.69, 9.17) is 14.2 Å². The van der Waals surface area contributed by atoms with Crippen molar-refractivity contribution in [2.24, 2.45) is 0 Å². The van der Waals surface area contributed by atoms with E-state index in [0.717, 1.165) is 0 Å². The maximum absolute atomic E-state index is 12.9. The van der Waals surface area contributed by atoms with Crippen LogP contribution in [0.4, 0.5) is 0 Å². The molecule has 1 unspecified atom stereocenters. The molecule has 0 aromatic heterocycles. The van der Waals surface area contributed by atoms with Crippen LogP contribution in [0.1, 0.15) is 37.4 Å². The molecule has 0 radical (unpaired) electrons. The molecule has 2 aromatic carbocycles. The number of likely N-dealkylation sites (tertiary alicyclic amines) is 1. The molecule has 1 amide bonds. The molecule has 1 fully saturated rings. The van der Waals surface area contributed by atoms with Crippen molar-refractivity contribution in [2.45, 2.75) is 26.3 Å². The van der Waals surface area contributed by atoms with Gasteiger partial charge < -0.3 is 24.2 Å². The fraction of sp³-hybridized carbons (Fsp3) is 0.261. The lowest BCUT2D eigenvalue weighted by atomic mass is 9.95. The van der Waals surface area contributed by atoms with Gasteiger partial charge in [-0.3, -0.25) is 14.4 Å². The number of ether oxygens (including phenoxy) is 3. The zero-order valence-electron chi connectivity index (χ0n) is 17.1. The molecular weight excluding hydrogens is 402 g/mol. The van der Waals surface area contributed by atoms with Crippen molar-refractivity contribution >= 4 is 23.4 Å². The van der Waals surface area contributed by atoms with Gasteiger partial charge in [0, 0.05) is 19.0 Å². The largest absolute Gasteiger partial charge is 0.507 e. The molecule has 2 aliphatic rings. The van der Waals surface area contributed by atoms with Crippen molar-refractivity contribution in [2.75, 3.05) is 13.3 Å². The molecule has 8 nitrogen and oxygen atoms in total. The van der Waals surface area contributed by atoms with Crippen LogP contribution in [0.3, 0.4) is 0 Å². The number of carbonyl (C=O) groups excluding carboxylic acids is 3. The van der Waals surface area contributed by atoms with Crippen LogP contribution in [0.5, 0.6) is 17.2 Å². The first kappa shape index (κ1) is 20.5. The molecule has 1 saturated heterocycles. The molecule has 31 heavy (non-hydrogen) atoms. The lowest BCUT2D eigenvalue weighted by Crippen LogP contribution is -2.30. The first-order valence-corrected chi connectivity index (χ1v) is 9.87. The summed E-state index contributed by atoms with van der Waals surface area (Å²) in [6.07, 6.45) is 0.638. The van der Waals surface area contributed by atoms with E-state index in [1.165, 1.54) is 11.8 Å². The predicted octanol–water partition coefficient (Wildman–Crippen LogP) is 3.17. The Kier molecular flexibility index (Phi) is 5.37. The van der Waals surface area contributed by atoms with Crippen molar-refractivity contribution < 1.29 is 33.7 Å².